The molecular formula is C13H10Br2OS2. The Balaban J connectivity index is 1.94. The Labute approximate surface area is 130 Å². The van der Waals surface area contributed by atoms with Crippen LogP contribution in [0.1, 0.15) is 37.8 Å². The van der Waals surface area contributed by atoms with Gasteiger partial charge in [0.2, 0.25) is 5.78 Å². The number of thiophene rings is 2. The average Bonchev–Trinajstić information content (AvgIpc) is 2.93. The van der Waals surface area contributed by atoms with Crippen LogP contribution in [-0.4, -0.2) is 5.78 Å². The molecule has 1 aliphatic rings. The fourth-order valence-corrected chi connectivity index (χ4v) is 5.44. The first-order chi connectivity index (χ1) is 8.65. The third-order valence-electron chi connectivity index (χ3n) is 3.09. The summed E-state index contributed by atoms with van der Waals surface area (Å²) in [5, 5.41) is 0. The lowest BCUT2D eigenvalue weighted by Crippen LogP contribution is -1.97. The maximum atomic E-state index is 12.4. The standard InChI is InChI=1S/C13H10Br2OS2/c14-8-6-11(18-13(8)15)12(16)10-5-7-3-1-2-4-9(7)17-10/h5-6H,1-4H2. The lowest BCUT2D eigenvalue weighted by Gasteiger charge is -2.08. The van der Waals surface area contributed by atoms with E-state index in [-0.39, 0.29) is 5.78 Å². The van der Waals surface area contributed by atoms with Gasteiger partial charge in [0.25, 0.3) is 0 Å². The maximum absolute atomic E-state index is 12.4. The molecule has 94 valence electrons. The van der Waals surface area contributed by atoms with Crippen LogP contribution >= 0.6 is 54.5 Å². The van der Waals surface area contributed by atoms with E-state index in [0.29, 0.717) is 0 Å². The zero-order valence-corrected chi connectivity index (χ0v) is 14.3. The number of hydrogen-bond acceptors (Lipinski definition) is 3. The molecule has 1 aliphatic carbocycles. The highest BCUT2D eigenvalue weighted by Crippen LogP contribution is 2.36. The van der Waals surface area contributed by atoms with Crippen LogP contribution in [0.3, 0.4) is 0 Å². The number of rotatable bonds is 2. The van der Waals surface area contributed by atoms with Gasteiger partial charge in [0.05, 0.1) is 13.5 Å². The third-order valence-corrected chi connectivity index (χ3v) is 7.58. The van der Waals surface area contributed by atoms with Crippen LogP contribution in [0, 0.1) is 0 Å². The smallest absolute Gasteiger partial charge is 0.212 e. The topological polar surface area (TPSA) is 17.1 Å². The Morgan fingerprint density at radius 3 is 2.44 bits per heavy atom. The van der Waals surface area contributed by atoms with Gasteiger partial charge in [-0.05, 0) is 75.2 Å². The molecule has 0 N–H and O–H groups in total. The van der Waals surface area contributed by atoms with E-state index in [1.807, 2.05) is 6.07 Å². The van der Waals surface area contributed by atoms with Crippen molar-refractivity contribution in [3.05, 3.63) is 40.6 Å². The molecule has 3 rings (SSSR count). The Morgan fingerprint density at radius 1 is 1.06 bits per heavy atom. The molecule has 0 saturated carbocycles. The van der Waals surface area contributed by atoms with Gasteiger partial charge in [0.1, 0.15) is 0 Å². The highest BCUT2D eigenvalue weighted by Gasteiger charge is 2.20. The number of aryl methyl sites for hydroxylation is 2. The molecule has 0 unspecified atom stereocenters. The molecule has 0 saturated heterocycles. The second-order valence-electron chi connectivity index (χ2n) is 4.33. The van der Waals surface area contributed by atoms with E-state index in [1.54, 1.807) is 11.3 Å². The molecule has 0 atom stereocenters. The first-order valence-corrected chi connectivity index (χ1v) is 8.98. The first kappa shape index (κ1) is 13.0. The van der Waals surface area contributed by atoms with Gasteiger partial charge in [-0.25, -0.2) is 0 Å². The van der Waals surface area contributed by atoms with Crippen LogP contribution in [0.15, 0.2) is 20.4 Å². The summed E-state index contributed by atoms with van der Waals surface area (Å²) in [6.07, 6.45) is 4.80. The van der Waals surface area contributed by atoms with E-state index >= 15 is 0 Å². The minimum absolute atomic E-state index is 0.158. The Morgan fingerprint density at radius 2 is 1.78 bits per heavy atom. The van der Waals surface area contributed by atoms with Gasteiger partial charge in [0, 0.05) is 9.35 Å². The number of carbonyl (C=O) groups excluding carboxylic acids is 1. The molecule has 0 bridgehead atoms. The molecule has 0 spiro atoms. The van der Waals surface area contributed by atoms with Crippen molar-refractivity contribution in [3.63, 3.8) is 0 Å². The summed E-state index contributed by atoms with van der Waals surface area (Å²) in [6.45, 7) is 0. The molecule has 0 amide bonds. The van der Waals surface area contributed by atoms with E-state index in [9.17, 15) is 4.79 Å². The van der Waals surface area contributed by atoms with Crippen molar-refractivity contribution < 1.29 is 4.79 Å². The second kappa shape index (κ2) is 5.19. The van der Waals surface area contributed by atoms with Crippen molar-refractivity contribution in [2.24, 2.45) is 0 Å². The predicted octanol–water partition coefficient (Wildman–Crippen LogP) is 5.44. The summed E-state index contributed by atoms with van der Waals surface area (Å²) in [6, 6.07) is 4.00. The van der Waals surface area contributed by atoms with Crippen LogP contribution in [0.4, 0.5) is 0 Å². The highest BCUT2D eigenvalue weighted by molar-refractivity contribution is 9.13. The van der Waals surface area contributed by atoms with Crippen LogP contribution in [0.25, 0.3) is 0 Å². The fraction of sp³-hybridized carbons (Fsp3) is 0.308. The minimum atomic E-state index is 0.158. The number of carbonyl (C=O) groups is 1. The molecule has 2 aromatic heterocycles. The maximum Gasteiger partial charge on any atom is 0.212 e. The Hall–Kier alpha value is 0.0300. The van der Waals surface area contributed by atoms with Crippen LogP contribution in [0.5, 0.6) is 0 Å². The first-order valence-electron chi connectivity index (χ1n) is 5.76. The summed E-state index contributed by atoms with van der Waals surface area (Å²) >= 11 is 10.0. The van der Waals surface area contributed by atoms with Crippen LogP contribution in [-0.2, 0) is 12.8 Å². The zero-order chi connectivity index (χ0) is 12.7. The van der Waals surface area contributed by atoms with Gasteiger partial charge in [0.15, 0.2) is 0 Å². The molecular weight excluding hydrogens is 396 g/mol. The molecule has 0 aliphatic heterocycles. The minimum Gasteiger partial charge on any atom is -0.287 e. The van der Waals surface area contributed by atoms with Gasteiger partial charge in [-0.3, -0.25) is 4.79 Å². The molecule has 2 heterocycles. The fourth-order valence-electron chi connectivity index (χ4n) is 2.18. The highest BCUT2D eigenvalue weighted by atomic mass is 79.9. The molecule has 1 nitrogen and oxygen atoms in total. The van der Waals surface area contributed by atoms with E-state index in [1.165, 1.54) is 34.6 Å². The molecule has 2 aromatic rings. The van der Waals surface area contributed by atoms with Crippen molar-refractivity contribution in [3.8, 4) is 0 Å². The Bertz CT molecular complexity index is 570. The van der Waals surface area contributed by atoms with Crippen molar-refractivity contribution >= 4 is 60.3 Å². The predicted molar refractivity (Wildman–Crippen MR) is 84.1 cm³/mol. The Kier molecular flexibility index (Phi) is 3.76. The number of fused-ring (bicyclic) bond motifs is 1. The number of halogens is 2. The molecule has 0 radical (unpaired) electrons. The lowest BCUT2D eigenvalue weighted by molar-refractivity contribution is 0.104. The zero-order valence-electron chi connectivity index (χ0n) is 9.46. The van der Waals surface area contributed by atoms with Gasteiger partial charge < -0.3 is 0 Å². The molecule has 18 heavy (non-hydrogen) atoms. The summed E-state index contributed by atoms with van der Waals surface area (Å²) < 4.78 is 1.93. The number of ketones is 1. The molecule has 0 aromatic carbocycles. The van der Waals surface area contributed by atoms with Crippen LogP contribution in [0.2, 0.25) is 0 Å². The van der Waals surface area contributed by atoms with E-state index < -0.39 is 0 Å². The van der Waals surface area contributed by atoms with Crippen molar-refractivity contribution in [1.82, 2.24) is 0 Å². The van der Waals surface area contributed by atoms with E-state index in [2.05, 4.69) is 37.9 Å². The van der Waals surface area contributed by atoms with E-state index in [4.69, 9.17) is 0 Å². The average molecular weight is 406 g/mol. The second-order valence-corrected chi connectivity index (χ2v) is 8.69. The summed E-state index contributed by atoms with van der Waals surface area (Å²) in [5.41, 5.74) is 1.39. The lowest BCUT2D eigenvalue weighted by atomic mass is 9.99. The monoisotopic (exact) mass is 404 g/mol. The van der Waals surface area contributed by atoms with Crippen molar-refractivity contribution in [1.29, 1.82) is 0 Å². The SMILES string of the molecule is O=C(c1cc(Br)c(Br)s1)c1cc2c(s1)CCCC2. The van der Waals surface area contributed by atoms with Crippen molar-refractivity contribution in [2.75, 3.05) is 0 Å². The molecule has 5 heteroatoms. The summed E-state index contributed by atoms with van der Waals surface area (Å²) in [4.78, 5) is 15.5. The van der Waals surface area contributed by atoms with E-state index in [0.717, 1.165) is 30.9 Å². The summed E-state index contributed by atoms with van der Waals surface area (Å²) in [5.74, 6) is 0.158. The van der Waals surface area contributed by atoms with Gasteiger partial charge in [-0.15, -0.1) is 22.7 Å². The summed E-state index contributed by atoms with van der Waals surface area (Å²) in [7, 11) is 0. The van der Waals surface area contributed by atoms with Crippen molar-refractivity contribution in [2.45, 2.75) is 25.7 Å². The normalized spacial score (nSPS) is 14.6. The third kappa shape index (κ3) is 2.38. The van der Waals surface area contributed by atoms with Gasteiger partial charge >= 0.3 is 0 Å². The quantitative estimate of drug-likeness (QED) is 0.607. The molecule has 0 fully saturated rings. The number of hydrogen-bond donors (Lipinski definition) is 0. The van der Waals surface area contributed by atoms with Gasteiger partial charge in [-0.1, -0.05) is 0 Å². The van der Waals surface area contributed by atoms with Gasteiger partial charge in [-0.2, -0.15) is 0 Å². The largest absolute Gasteiger partial charge is 0.287 e. The van der Waals surface area contributed by atoms with Crippen LogP contribution < -0.4 is 0 Å².